The minimum Gasteiger partial charge on any atom is -0.306 e. The van der Waals surface area contributed by atoms with Crippen molar-refractivity contribution in [3.8, 4) is 0 Å². The van der Waals surface area contributed by atoms with Crippen molar-refractivity contribution < 1.29 is 9.59 Å². The van der Waals surface area contributed by atoms with Gasteiger partial charge in [0.15, 0.2) is 0 Å². The fourth-order valence-corrected chi connectivity index (χ4v) is 14.8. The van der Waals surface area contributed by atoms with Crippen LogP contribution < -0.4 is 0 Å². The van der Waals surface area contributed by atoms with Crippen molar-refractivity contribution in [1.82, 2.24) is 9.80 Å². The highest BCUT2D eigenvalue weighted by Crippen LogP contribution is 2.51. The van der Waals surface area contributed by atoms with Crippen LogP contribution in [0, 0.1) is 11.8 Å². The van der Waals surface area contributed by atoms with Gasteiger partial charge in [0.1, 0.15) is 0 Å². The molecule has 4 nitrogen and oxygen atoms in total. The predicted molar refractivity (Wildman–Crippen MR) is 316 cm³/mol. The Labute approximate surface area is 456 Å². The molecule has 0 saturated heterocycles. The maximum atomic E-state index is 15.7. The van der Waals surface area contributed by atoms with E-state index in [2.05, 4.69) is 95.3 Å². The number of rotatable bonds is 44. The van der Waals surface area contributed by atoms with Crippen molar-refractivity contribution >= 4 is 77.7 Å². The molecule has 2 unspecified atom stereocenters. The molecule has 4 rings (SSSR count). The quantitative estimate of drug-likeness (QED) is 0.0621. The average Bonchev–Trinajstić information content (AvgIpc) is 4.07. The molecule has 0 fully saturated rings. The van der Waals surface area contributed by atoms with Gasteiger partial charge in [-0.25, -0.2) is 0 Å². The lowest BCUT2D eigenvalue weighted by Crippen LogP contribution is -2.34. The number of nitrogens with zero attached hydrogens (tertiary/aromatic N) is 2. The Morgan fingerprint density at radius 1 is 0.386 bits per heavy atom. The topological polar surface area (TPSA) is 40.6 Å². The molecule has 0 bridgehead atoms. The van der Waals surface area contributed by atoms with Gasteiger partial charge in [-0.3, -0.25) is 9.59 Å². The van der Waals surface area contributed by atoms with Crippen molar-refractivity contribution in [2.45, 2.75) is 286 Å². The summed E-state index contributed by atoms with van der Waals surface area (Å²) in [5.74, 6) is 0.927. The average molecular weight is 1130 g/mol. The largest absolute Gasteiger partial charge is 0.306 e. The molecular weight excluding hydrogens is 1030 g/mol. The first-order valence-corrected chi connectivity index (χ1v) is 33.2. The second-order valence-corrected chi connectivity index (χ2v) is 26.4. The van der Waals surface area contributed by atoms with Gasteiger partial charge in [-0.1, -0.05) is 234 Å². The maximum Gasteiger partial charge on any atom is 0.261 e. The normalized spacial score (nSPS) is 14.9. The first kappa shape index (κ1) is 61.3. The fraction of sp³-hybridized carbons (Fsp3) is 0.774. The number of halogens is 2. The first-order valence-electron chi connectivity index (χ1n) is 29.9. The lowest BCUT2D eigenvalue weighted by molar-refractivity contribution is -0.124. The summed E-state index contributed by atoms with van der Waals surface area (Å²) in [7, 11) is 0. The lowest BCUT2D eigenvalue weighted by Gasteiger charge is -2.29. The van der Waals surface area contributed by atoms with Gasteiger partial charge in [-0.15, -0.1) is 22.7 Å². The van der Waals surface area contributed by atoms with Gasteiger partial charge < -0.3 is 9.80 Å². The van der Waals surface area contributed by atoms with E-state index in [9.17, 15) is 0 Å². The fourth-order valence-electron chi connectivity index (χ4n) is 11.1. The van der Waals surface area contributed by atoms with Crippen LogP contribution in [0.1, 0.15) is 294 Å². The Bertz CT molecular complexity index is 1700. The molecule has 0 N–H and O–H groups in total. The zero-order valence-electron chi connectivity index (χ0n) is 45.9. The second kappa shape index (κ2) is 36.7. The van der Waals surface area contributed by atoms with Crippen molar-refractivity contribution in [1.29, 1.82) is 0 Å². The van der Waals surface area contributed by atoms with Gasteiger partial charge in [-0.2, -0.15) is 0 Å². The summed E-state index contributed by atoms with van der Waals surface area (Å²) in [4.78, 5) is 37.8. The van der Waals surface area contributed by atoms with Crippen LogP contribution in [0.3, 0.4) is 0 Å². The van der Waals surface area contributed by atoms with Crippen molar-refractivity contribution in [3.63, 3.8) is 0 Å². The monoisotopic (exact) mass is 1130 g/mol. The molecule has 0 radical (unpaired) electrons. The third-order valence-electron chi connectivity index (χ3n) is 15.5. The van der Waals surface area contributed by atoms with Gasteiger partial charge in [-0.05, 0) is 118 Å². The van der Waals surface area contributed by atoms with Gasteiger partial charge in [0.25, 0.3) is 11.8 Å². The van der Waals surface area contributed by atoms with Crippen LogP contribution in [0.15, 0.2) is 30.9 Å². The van der Waals surface area contributed by atoms with Crippen molar-refractivity contribution in [2.24, 2.45) is 11.8 Å². The molecule has 2 aliphatic heterocycles. The van der Waals surface area contributed by atoms with Crippen molar-refractivity contribution in [3.05, 3.63) is 51.7 Å². The van der Waals surface area contributed by atoms with Crippen LogP contribution in [-0.4, -0.2) is 34.7 Å². The predicted octanol–water partition coefficient (Wildman–Crippen LogP) is 21.6. The molecule has 0 aliphatic carbocycles. The zero-order chi connectivity index (χ0) is 50.4. The van der Waals surface area contributed by atoms with Crippen LogP contribution in [0.4, 0.5) is 0 Å². The maximum absolute atomic E-state index is 15.7. The zero-order valence-corrected chi connectivity index (χ0v) is 50.7. The third-order valence-corrected chi connectivity index (χ3v) is 19.4. The Kier molecular flexibility index (Phi) is 32.1. The summed E-state index contributed by atoms with van der Waals surface area (Å²) < 4.78 is 2.32. The number of carbonyl (C=O) groups excluding carboxylic acids is 2. The van der Waals surface area contributed by atoms with E-state index in [-0.39, 0.29) is 11.8 Å². The molecule has 0 saturated carbocycles. The molecule has 2 aliphatic rings. The van der Waals surface area contributed by atoms with Crippen molar-refractivity contribution in [2.75, 3.05) is 13.1 Å². The van der Waals surface area contributed by atoms with Crippen LogP contribution >= 0.6 is 54.5 Å². The Morgan fingerprint density at radius 3 is 0.971 bits per heavy atom. The van der Waals surface area contributed by atoms with E-state index >= 15 is 9.59 Å². The van der Waals surface area contributed by atoms with Gasteiger partial charge in [0.2, 0.25) is 0 Å². The molecule has 398 valence electrons. The van der Waals surface area contributed by atoms with E-state index in [4.69, 9.17) is 0 Å². The minimum atomic E-state index is 0.0560. The van der Waals surface area contributed by atoms with E-state index in [1.807, 2.05) is 0 Å². The Morgan fingerprint density at radius 2 is 0.657 bits per heavy atom. The summed E-state index contributed by atoms with van der Waals surface area (Å²) >= 11 is 11.6. The number of carbonyl (C=O) groups is 2. The molecule has 70 heavy (non-hydrogen) atoms. The molecule has 2 aromatic heterocycles. The summed E-state index contributed by atoms with van der Waals surface area (Å²) in [5, 5.41) is 0. The van der Waals surface area contributed by atoms with Crippen LogP contribution in [0.5, 0.6) is 0 Å². The van der Waals surface area contributed by atoms with E-state index in [0.717, 1.165) is 80.1 Å². The summed E-state index contributed by atoms with van der Waals surface area (Å²) in [6, 6.07) is 4.71. The number of hydrogen-bond donors (Lipinski definition) is 0. The van der Waals surface area contributed by atoms with E-state index in [1.165, 1.54) is 204 Å². The molecule has 0 aromatic carbocycles. The van der Waals surface area contributed by atoms with Crippen LogP contribution in [0.2, 0.25) is 0 Å². The molecule has 2 atom stereocenters. The third kappa shape index (κ3) is 20.5. The number of thiophene rings is 2. The van der Waals surface area contributed by atoms with Gasteiger partial charge in [0, 0.05) is 13.1 Å². The lowest BCUT2D eigenvalue weighted by atomic mass is 9.94. The number of amides is 2. The molecule has 0 spiro atoms. The standard InChI is InChI=1S/C62H102Br2N2O2S2/c1-7-13-19-23-25-27-29-31-33-37-43-51-45-53(69-59(51)63)57-55-56(62(68)65(57)47-49(39-17-11-5)41-35-21-15-9-3)58(66(61(55)67)48-50(40-18-12-6)42-36-22-16-10-4)54-46-52(60(64)70-54)44-38-34-32-30-28-26-24-20-14-8-2/h45-46,49-50H,7-44,47-48H2,1-6H3. The highest BCUT2D eigenvalue weighted by Gasteiger charge is 2.50. The van der Waals surface area contributed by atoms with E-state index in [1.54, 1.807) is 22.7 Å². The van der Waals surface area contributed by atoms with E-state index in [0.29, 0.717) is 36.1 Å². The van der Waals surface area contributed by atoms with Gasteiger partial charge >= 0.3 is 0 Å². The molecule has 8 heteroatoms. The summed E-state index contributed by atoms with van der Waals surface area (Å²) in [6.07, 6.45) is 47.6. The minimum absolute atomic E-state index is 0.0560. The number of unbranched alkanes of at least 4 members (excludes halogenated alkanes) is 26. The number of fused-ring (bicyclic) bond motifs is 1. The molecular formula is C62H102Br2N2O2S2. The van der Waals surface area contributed by atoms with E-state index < -0.39 is 0 Å². The molecule has 4 heterocycles. The number of aryl methyl sites for hydroxylation is 2. The Hall–Kier alpha value is -1.22. The summed E-state index contributed by atoms with van der Waals surface area (Å²) in [5.41, 5.74) is 5.81. The highest BCUT2D eigenvalue weighted by molar-refractivity contribution is 9.11. The van der Waals surface area contributed by atoms with Gasteiger partial charge in [0.05, 0.1) is 39.9 Å². The summed E-state index contributed by atoms with van der Waals surface area (Å²) in [6.45, 7) is 15.1. The van der Waals surface area contributed by atoms with Crippen LogP contribution in [-0.2, 0) is 22.4 Å². The highest BCUT2D eigenvalue weighted by atomic mass is 79.9. The smallest absolute Gasteiger partial charge is 0.261 e. The number of hydrogen-bond acceptors (Lipinski definition) is 4. The first-order chi connectivity index (χ1) is 34.2. The van der Waals surface area contributed by atoms with Crippen LogP contribution in [0.25, 0.3) is 11.4 Å². The molecule has 2 aromatic rings. The molecule has 2 amide bonds. The Balaban J connectivity index is 1.72. The SMILES string of the molecule is CCCCCCCCCCCCc1cc(C2=C3C(=O)N(CC(CCCC)CCCCCC)C(c4cc(CCCCCCCCCCCC)c(Br)s4)=C3C(=O)N2CC(CCCC)CCCCCC)sc1Br. The second-order valence-electron chi connectivity index (χ2n) is 21.7.